The van der Waals surface area contributed by atoms with Crippen molar-refractivity contribution in [1.82, 2.24) is 0 Å². The second-order valence-electron chi connectivity index (χ2n) is 3.72. The second kappa shape index (κ2) is 7.15. The van der Waals surface area contributed by atoms with E-state index in [4.69, 9.17) is 0 Å². The lowest BCUT2D eigenvalue weighted by atomic mass is 9.96. The second-order valence-corrected chi connectivity index (χ2v) is 3.72. The van der Waals surface area contributed by atoms with Gasteiger partial charge in [0.1, 0.15) is 11.6 Å². The first-order valence-electron chi connectivity index (χ1n) is 5.04. The van der Waals surface area contributed by atoms with Gasteiger partial charge in [0.15, 0.2) is 0 Å². The van der Waals surface area contributed by atoms with Crippen LogP contribution in [0.25, 0.3) is 0 Å². The number of rotatable bonds is 7. The van der Waals surface area contributed by atoms with Crippen LogP contribution in [-0.2, 0) is 19.1 Å². The number of ether oxygens (including phenoxy) is 1. The summed E-state index contributed by atoms with van der Waals surface area (Å²) in [4.78, 5) is 32.9. The molecule has 0 fully saturated rings. The Morgan fingerprint density at radius 3 is 2.13 bits per heavy atom. The lowest BCUT2D eigenvalue weighted by Gasteiger charge is -2.11. The zero-order valence-corrected chi connectivity index (χ0v) is 9.54. The number of Topliss-reactive ketones (excluding diaryl/α,β-unsaturated/α-hetero) is 2. The molecule has 0 aliphatic rings. The summed E-state index contributed by atoms with van der Waals surface area (Å²) in [5, 5.41) is 0. The maximum Gasteiger partial charge on any atom is 0.309 e. The minimum Gasteiger partial charge on any atom is -0.469 e. The van der Waals surface area contributed by atoms with Crippen molar-refractivity contribution in [3.8, 4) is 0 Å². The molecule has 15 heavy (non-hydrogen) atoms. The summed E-state index contributed by atoms with van der Waals surface area (Å²) in [6, 6.07) is 0. The Morgan fingerprint density at radius 2 is 1.73 bits per heavy atom. The normalized spacial score (nSPS) is 11.9. The highest BCUT2D eigenvalue weighted by Gasteiger charge is 2.20. The van der Waals surface area contributed by atoms with Gasteiger partial charge in [-0.1, -0.05) is 0 Å². The summed E-state index contributed by atoms with van der Waals surface area (Å²) in [5.41, 5.74) is 0. The van der Waals surface area contributed by atoms with Crippen molar-refractivity contribution in [2.75, 3.05) is 7.11 Å². The van der Waals surface area contributed by atoms with Crippen LogP contribution in [0.3, 0.4) is 0 Å². The van der Waals surface area contributed by atoms with Crippen LogP contribution in [0.2, 0.25) is 0 Å². The van der Waals surface area contributed by atoms with Crippen molar-refractivity contribution in [1.29, 1.82) is 0 Å². The Balaban J connectivity index is 4.07. The molecule has 4 nitrogen and oxygen atoms in total. The molecule has 0 aliphatic carbocycles. The Labute approximate surface area is 90.0 Å². The van der Waals surface area contributed by atoms with Crippen LogP contribution < -0.4 is 0 Å². The first-order valence-corrected chi connectivity index (χ1v) is 5.04. The number of methoxy groups -OCH3 is 1. The van der Waals surface area contributed by atoms with Crippen LogP contribution in [0.15, 0.2) is 0 Å². The van der Waals surface area contributed by atoms with Gasteiger partial charge >= 0.3 is 5.97 Å². The molecule has 1 atom stereocenters. The number of carbonyl (C=O) groups is 3. The summed E-state index contributed by atoms with van der Waals surface area (Å²) >= 11 is 0. The van der Waals surface area contributed by atoms with Gasteiger partial charge < -0.3 is 14.3 Å². The lowest BCUT2D eigenvalue weighted by molar-refractivity contribution is -0.147. The molecule has 1 unspecified atom stereocenters. The summed E-state index contributed by atoms with van der Waals surface area (Å²) < 4.78 is 4.59. The SMILES string of the molecule is COC(=O)C(CCCC(C)=O)CC(C)=O. The van der Waals surface area contributed by atoms with Gasteiger partial charge in [0.25, 0.3) is 0 Å². The third kappa shape index (κ3) is 6.82. The first-order chi connectivity index (χ1) is 6.97. The highest BCUT2D eigenvalue weighted by Crippen LogP contribution is 2.15. The quantitative estimate of drug-likeness (QED) is 0.603. The molecule has 0 aromatic heterocycles. The van der Waals surface area contributed by atoms with E-state index in [-0.39, 0.29) is 24.0 Å². The topological polar surface area (TPSA) is 60.4 Å². The lowest BCUT2D eigenvalue weighted by Crippen LogP contribution is -2.19. The minimum absolute atomic E-state index is 0.0341. The summed E-state index contributed by atoms with van der Waals surface area (Å²) in [5.74, 6) is -0.699. The van der Waals surface area contributed by atoms with Gasteiger partial charge in [0.05, 0.1) is 13.0 Å². The Kier molecular flexibility index (Phi) is 6.58. The zero-order chi connectivity index (χ0) is 11.8. The predicted octanol–water partition coefficient (Wildman–Crippen LogP) is 1.51. The fourth-order valence-corrected chi connectivity index (χ4v) is 1.41. The third-order valence-electron chi connectivity index (χ3n) is 2.15. The molecule has 0 radical (unpaired) electrons. The molecule has 0 bridgehead atoms. The summed E-state index contributed by atoms with van der Waals surface area (Å²) in [6.07, 6.45) is 1.81. The van der Waals surface area contributed by atoms with Crippen molar-refractivity contribution >= 4 is 17.5 Å². The fraction of sp³-hybridized carbons (Fsp3) is 0.727. The molecule has 0 aromatic carbocycles. The van der Waals surface area contributed by atoms with Gasteiger partial charge in [0.2, 0.25) is 0 Å². The number of carbonyl (C=O) groups excluding carboxylic acids is 3. The van der Waals surface area contributed by atoms with Gasteiger partial charge in [0, 0.05) is 12.8 Å². The average Bonchev–Trinajstić information content (AvgIpc) is 2.14. The number of hydrogen-bond donors (Lipinski definition) is 0. The molecule has 86 valence electrons. The summed E-state index contributed by atoms with van der Waals surface area (Å²) in [6.45, 7) is 2.96. The van der Waals surface area contributed by atoms with Crippen LogP contribution >= 0.6 is 0 Å². The van der Waals surface area contributed by atoms with Gasteiger partial charge in [-0.3, -0.25) is 4.79 Å². The van der Waals surface area contributed by atoms with Crippen molar-refractivity contribution in [2.45, 2.75) is 39.5 Å². The fourth-order valence-electron chi connectivity index (χ4n) is 1.41. The molecule has 0 N–H and O–H groups in total. The van der Waals surface area contributed by atoms with E-state index in [0.29, 0.717) is 19.3 Å². The molecule has 0 aliphatic heterocycles. The molecular formula is C11H18O4. The molecule has 0 rings (SSSR count). The van der Waals surface area contributed by atoms with E-state index < -0.39 is 5.92 Å². The molecule has 0 heterocycles. The van der Waals surface area contributed by atoms with Gasteiger partial charge in [-0.15, -0.1) is 0 Å². The highest BCUT2D eigenvalue weighted by atomic mass is 16.5. The van der Waals surface area contributed by atoms with Crippen LogP contribution in [0.1, 0.15) is 39.5 Å². The Morgan fingerprint density at radius 1 is 1.13 bits per heavy atom. The van der Waals surface area contributed by atoms with E-state index in [1.54, 1.807) is 0 Å². The Hall–Kier alpha value is -1.19. The van der Waals surface area contributed by atoms with E-state index in [2.05, 4.69) is 4.74 Å². The van der Waals surface area contributed by atoms with Crippen LogP contribution in [0.4, 0.5) is 0 Å². The van der Waals surface area contributed by atoms with Gasteiger partial charge in [-0.05, 0) is 26.7 Å². The molecular weight excluding hydrogens is 196 g/mol. The standard InChI is InChI=1S/C11H18O4/c1-8(12)5-4-6-10(7-9(2)13)11(14)15-3/h10H,4-7H2,1-3H3. The summed E-state index contributed by atoms with van der Waals surface area (Å²) in [7, 11) is 1.31. The number of hydrogen-bond acceptors (Lipinski definition) is 4. The van der Waals surface area contributed by atoms with Crippen LogP contribution in [0, 0.1) is 5.92 Å². The largest absolute Gasteiger partial charge is 0.469 e. The smallest absolute Gasteiger partial charge is 0.309 e. The maximum absolute atomic E-state index is 11.3. The Bertz CT molecular complexity index is 245. The van der Waals surface area contributed by atoms with E-state index in [0.717, 1.165) is 0 Å². The van der Waals surface area contributed by atoms with Gasteiger partial charge in [-0.2, -0.15) is 0 Å². The molecule has 0 aromatic rings. The third-order valence-corrected chi connectivity index (χ3v) is 2.15. The van der Waals surface area contributed by atoms with E-state index >= 15 is 0 Å². The van der Waals surface area contributed by atoms with Crippen LogP contribution in [-0.4, -0.2) is 24.6 Å². The van der Waals surface area contributed by atoms with Crippen molar-refractivity contribution < 1.29 is 19.1 Å². The van der Waals surface area contributed by atoms with E-state index in [1.165, 1.54) is 21.0 Å². The zero-order valence-electron chi connectivity index (χ0n) is 9.54. The van der Waals surface area contributed by atoms with Gasteiger partial charge in [-0.25, -0.2) is 0 Å². The predicted molar refractivity (Wildman–Crippen MR) is 55.3 cm³/mol. The van der Waals surface area contributed by atoms with E-state index in [9.17, 15) is 14.4 Å². The minimum atomic E-state index is -0.396. The molecule has 4 heteroatoms. The first kappa shape index (κ1) is 13.8. The monoisotopic (exact) mass is 214 g/mol. The van der Waals surface area contributed by atoms with Crippen LogP contribution in [0.5, 0.6) is 0 Å². The molecule has 0 amide bonds. The number of ketones is 2. The average molecular weight is 214 g/mol. The van der Waals surface area contributed by atoms with E-state index in [1.807, 2.05) is 0 Å². The molecule has 0 saturated carbocycles. The molecule has 0 saturated heterocycles. The maximum atomic E-state index is 11.3. The van der Waals surface area contributed by atoms with Crippen molar-refractivity contribution in [2.24, 2.45) is 5.92 Å². The molecule has 0 spiro atoms. The van der Waals surface area contributed by atoms with Crippen molar-refractivity contribution in [3.05, 3.63) is 0 Å². The highest BCUT2D eigenvalue weighted by molar-refractivity contribution is 5.82. The number of esters is 1. The van der Waals surface area contributed by atoms with Crippen molar-refractivity contribution in [3.63, 3.8) is 0 Å².